The predicted octanol–water partition coefficient (Wildman–Crippen LogP) is 4.92. The lowest BCUT2D eigenvalue weighted by Crippen LogP contribution is -2.21. The molecule has 3 nitrogen and oxygen atoms in total. The van der Waals surface area contributed by atoms with Crippen LogP contribution in [0.15, 0.2) is 42.7 Å². The Bertz CT molecular complexity index is 317. The Labute approximate surface area is 132 Å². The quantitative estimate of drug-likeness (QED) is 0.757. The molecule has 0 bridgehead atoms. The SMILES string of the molecule is CB(C)c1ccccc1.CC.CC.CCC.c1cn[nH]n1. The van der Waals surface area contributed by atoms with E-state index in [9.17, 15) is 0 Å². The Morgan fingerprint density at radius 1 is 0.857 bits per heavy atom. The third-order valence-electron chi connectivity index (χ3n) is 1.80. The summed E-state index contributed by atoms with van der Waals surface area (Å²) in [5.74, 6) is 0. The van der Waals surface area contributed by atoms with E-state index in [0.717, 1.165) is 0 Å². The van der Waals surface area contributed by atoms with Crippen LogP contribution in [0.3, 0.4) is 0 Å². The van der Waals surface area contributed by atoms with Gasteiger partial charge in [0, 0.05) is 0 Å². The first-order chi connectivity index (χ1) is 10.2. The summed E-state index contributed by atoms with van der Waals surface area (Å²) in [7, 11) is 0. The molecule has 0 aliphatic heterocycles. The molecule has 1 aromatic carbocycles. The molecule has 1 aromatic heterocycles. The molecule has 0 saturated heterocycles. The van der Waals surface area contributed by atoms with Crippen molar-refractivity contribution in [3.63, 3.8) is 0 Å². The Hall–Kier alpha value is -1.58. The molecule has 0 fully saturated rings. The molecule has 0 aliphatic rings. The molecule has 0 unspecified atom stereocenters. The van der Waals surface area contributed by atoms with Gasteiger partial charge in [-0.25, -0.2) is 0 Å². The van der Waals surface area contributed by atoms with Crippen LogP contribution in [0.4, 0.5) is 0 Å². The van der Waals surface area contributed by atoms with Gasteiger partial charge >= 0.3 is 0 Å². The molecule has 0 atom stereocenters. The second-order valence-corrected chi connectivity index (χ2v) is 3.93. The molecule has 4 heteroatoms. The van der Waals surface area contributed by atoms with Crippen molar-refractivity contribution < 1.29 is 0 Å². The van der Waals surface area contributed by atoms with Gasteiger partial charge in [0.15, 0.2) is 6.71 Å². The van der Waals surface area contributed by atoms with Crippen molar-refractivity contribution in [1.29, 1.82) is 0 Å². The Morgan fingerprint density at radius 3 is 1.43 bits per heavy atom. The van der Waals surface area contributed by atoms with Gasteiger partial charge in [-0.3, -0.25) is 0 Å². The molecule has 120 valence electrons. The smallest absolute Gasteiger partial charge is 0.169 e. The van der Waals surface area contributed by atoms with E-state index in [0.29, 0.717) is 6.71 Å². The second-order valence-electron chi connectivity index (χ2n) is 3.93. The summed E-state index contributed by atoms with van der Waals surface area (Å²) in [4.78, 5) is 0. The predicted molar refractivity (Wildman–Crippen MR) is 98.6 cm³/mol. The molecule has 1 N–H and O–H groups in total. The van der Waals surface area contributed by atoms with Crippen molar-refractivity contribution in [2.75, 3.05) is 0 Å². The molecule has 0 amide bonds. The van der Waals surface area contributed by atoms with E-state index >= 15 is 0 Å². The average molecular weight is 291 g/mol. The first kappa shape index (κ1) is 24.4. The van der Waals surface area contributed by atoms with Crippen LogP contribution in [0.1, 0.15) is 48.0 Å². The van der Waals surface area contributed by atoms with E-state index in [1.54, 1.807) is 12.4 Å². The highest BCUT2D eigenvalue weighted by atomic mass is 15.3. The van der Waals surface area contributed by atoms with E-state index in [1.807, 2.05) is 33.8 Å². The van der Waals surface area contributed by atoms with Gasteiger partial charge in [0.25, 0.3) is 0 Å². The number of hydrogen-bond donors (Lipinski definition) is 1. The number of aromatic amines is 1. The van der Waals surface area contributed by atoms with Crippen molar-refractivity contribution in [2.45, 2.75) is 61.6 Å². The van der Waals surface area contributed by atoms with Gasteiger partial charge in [0.05, 0.1) is 12.4 Å². The first-order valence-corrected chi connectivity index (χ1v) is 8.07. The molecule has 0 aliphatic carbocycles. The molecule has 0 spiro atoms. The third-order valence-corrected chi connectivity index (χ3v) is 1.80. The summed E-state index contributed by atoms with van der Waals surface area (Å²) < 4.78 is 0. The fraction of sp³-hybridized carbons (Fsp3) is 0.529. The van der Waals surface area contributed by atoms with Crippen molar-refractivity contribution in [3.05, 3.63) is 42.7 Å². The van der Waals surface area contributed by atoms with E-state index < -0.39 is 0 Å². The molecule has 2 rings (SSSR count). The molecular formula is C17H34BN3. The van der Waals surface area contributed by atoms with Crippen LogP contribution < -0.4 is 5.46 Å². The molecule has 0 radical (unpaired) electrons. The van der Waals surface area contributed by atoms with Crippen LogP contribution >= 0.6 is 0 Å². The van der Waals surface area contributed by atoms with Gasteiger partial charge in [-0.1, -0.05) is 97.4 Å². The van der Waals surface area contributed by atoms with E-state index in [-0.39, 0.29) is 0 Å². The number of hydrogen-bond acceptors (Lipinski definition) is 2. The standard InChI is InChI=1S/C8H11B.C3H8.C2H3N3.2C2H6/c1-9(2)8-6-4-3-5-7-8;1-3-2;1-2-4-5-3-1;2*1-2/h3-7H,1-2H3;3H2,1-2H3;1-2H,(H,3,4,5);2*1-2H3. The molecule has 2 aromatic rings. The Balaban J connectivity index is -0.000000230. The topological polar surface area (TPSA) is 41.6 Å². The number of nitrogens with zero attached hydrogens (tertiary/aromatic N) is 2. The van der Waals surface area contributed by atoms with Gasteiger partial charge < -0.3 is 0 Å². The summed E-state index contributed by atoms with van der Waals surface area (Å²) >= 11 is 0. The van der Waals surface area contributed by atoms with E-state index in [4.69, 9.17) is 0 Å². The number of aromatic nitrogens is 3. The average Bonchev–Trinajstić information content (AvgIpc) is 3.13. The van der Waals surface area contributed by atoms with Crippen LogP contribution in [0, 0.1) is 0 Å². The van der Waals surface area contributed by atoms with Crippen LogP contribution in [-0.2, 0) is 0 Å². The minimum absolute atomic E-state index is 0.659. The molecule has 0 saturated carbocycles. The number of nitrogens with one attached hydrogen (secondary N) is 1. The first-order valence-electron chi connectivity index (χ1n) is 8.07. The van der Waals surface area contributed by atoms with Gasteiger partial charge in [-0.2, -0.15) is 15.4 Å². The van der Waals surface area contributed by atoms with E-state index in [1.165, 1.54) is 11.9 Å². The maximum Gasteiger partial charge on any atom is 0.169 e. The lowest BCUT2D eigenvalue weighted by atomic mass is 9.49. The van der Waals surface area contributed by atoms with Gasteiger partial charge in [0.1, 0.15) is 0 Å². The van der Waals surface area contributed by atoms with Crippen LogP contribution in [0.25, 0.3) is 0 Å². The minimum Gasteiger partial charge on any atom is -0.198 e. The van der Waals surface area contributed by atoms with E-state index in [2.05, 4.69) is 67.2 Å². The Morgan fingerprint density at radius 2 is 1.24 bits per heavy atom. The van der Waals surface area contributed by atoms with Gasteiger partial charge in [0.2, 0.25) is 0 Å². The number of H-pyrrole nitrogens is 1. The zero-order valence-electron chi connectivity index (χ0n) is 15.2. The largest absolute Gasteiger partial charge is 0.198 e. The summed E-state index contributed by atoms with van der Waals surface area (Å²) in [5, 5.41) is 9.33. The number of benzene rings is 1. The summed E-state index contributed by atoms with van der Waals surface area (Å²) in [6.45, 7) is 17.3. The number of rotatable bonds is 1. The van der Waals surface area contributed by atoms with Crippen molar-refractivity contribution in [1.82, 2.24) is 15.4 Å². The highest BCUT2D eigenvalue weighted by Crippen LogP contribution is 1.86. The lowest BCUT2D eigenvalue weighted by Gasteiger charge is -1.98. The molecule has 1 heterocycles. The van der Waals surface area contributed by atoms with Crippen LogP contribution in [0.5, 0.6) is 0 Å². The van der Waals surface area contributed by atoms with Crippen LogP contribution in [-0.4, -0.2) is 22.1 Å². The van der Waals surface area contributed by atoms with Crippen molar-refractivity contribution >= 4 is 12.2 Å². The van der Waals surface area contributed by atoms with Crippen molar-refractivity contribution in [3.8, 4) is 0 Å². The summed E-state index contributed by atoms with van der Waals surface area (Å²) in [5.41, 5.74) is 1.41. The van der Waals surface area contributed by atoms with Gasteiger partial charge in [-0.05, 0) is 0 Å². The fourth-order valence-electron chi connectivity index (χ4n) is 1.00. The third kappa shape index (κ3) is 20.9. The monoisotopic (exact) mass is 291 g/mol. The normalized spacial score (nSPS) is 7.24. The Kier molecular flexibility index (Phi) is 27.4. The molecular weight excluding hydrogens is 257 g/mol. The highest BCUT2D eigenvalue weighted by molar-refractivity contribution is 6.70. The zero-order valence-corrected chi connectivity index (χ0v) is 15.2. The van der Waals surface area contributed by atoms with Crippen LogP contribution in [0.2, 0.25) is 13.6 Å². The second kappa shape index (κ2) is 23.5. The zero-order chi connectivity index (χ0) is 16.9. The fourth-order valence-corrected chi connectivity index (χ4v) is 1.00. The minimum atomic E-state index is 0.659. The lowest BCUT2D eigenvalue weighted by molar-refractivity contribution is 0.940. The highest BCUT2D eigenvalue weighted by Gasteiger charge is 1.98. The maximum atomic E-state index is 3.49. The van der Waals surface area contributed by atoms with Crippen molar-refractivity contribution in [2.24, 2.45) is 0 Å². The molecule has 21 heavy (non-hydrogen) atoms. The summed E-state index contributed by atoms with van der Waals surface area (Å²) in [6, 6.07) is 10.5. The van der Waals surface area contributed by atoms with Gasteiger partial charge in [-0.15, -0.1) is 0 Å². The maximum absolute atomic E-state index is 3.49. The summed E-state index contributed by atoms with van der Waals surface area (Å²) in [6.07, 6.45) is 4.42.